The minimum atomic E-state index is -0.476. The van der Waals surface area contributed by atoms with Crippen LogP contribution in [0.5, 0.6) is 0 Å². The molecule has 0 unspecified atom stereocenters. The van der Waals surface area contributed by atoms with Gasteiger partial charge in [-0.15, -0.1) is 0 Å². The number of carbonyl (C=O) groups excluding carboxylic acids is 1. The van der Waals surface area contributed by atoms with Crippen molar-refractivity contribution in [2.75, 3.05) is 13.1 Å². The topological polar surface area (TPSA) is 85.6 Å². The van der Waals surface area contributed by atoms with Crippen LogP contribution in [0, 0.1) is 16.0 Å². The van der Waals surface area contributed by atoms with Crippen molar-refractivity contribution in [3.05, 3.63) is 34.1 Å². The van der Waals surface area contributed by atoms with Crippen molar-refractivity contribution in [2.24, 2.45) is 5.92 Å². The third kappa shape index (κ3) is 5.19. The van der Waals surface area contributed by atoms with E-state index in [1.54, 1.807) is 11.0 Å². The number of nitro groups is 1. The number of hydrogen-bond acceptors (Lipinski definition) is 5. The SMILES string of the molecule is CC(C)(C)OC(=O)N1CCC(Cc2ccc([N+](=O)[O-])cn2)CC1. The van der Waals surface area contributed by atoms with E-state index in [9.17, 15) is 14.9 Å². The number of aromatic nitrogens is 1. The van der Waals surface area contributed by atoms with Gasteiger partial charge in [-0.2, -0.15) is 0 Å². The van der Waals surface area contributed by atoms with E-state index in [0.29, 0.717) is 19.0 Å². The van der Waals surface area contributed by atoms with E-state index in [0.717, 1.165) is 25.0 Å². The first-order valence-corrected chi connectivity index (χ1v) is 7.82. The molecule has 2 heterocycles. The molecule has 0 aliphatic carbocycles. The number of nitrogens with zero attached hydrogens (tertiary/aromatic N) is 3. The van der Waals surface area contributed by atoms with Crippen LogP contribution in [0.4, 0.5) is 10.5 Å². The van der Waals surface area contributed by atoms with Crippen LogP contribution in [0.3, 0.4) is 0 Å². The van der Waals surface area contributed by atoms with Crippen molar-refractivity contribution in [3.63, 3.8) is 0 Å². The molecule has 0 atom stereocenters. The van der Waals surface area contributed by atoms with Crippen molar-refractivity contribution in [1.82, 2.24) is 9.88 Å². The Hall–Kier alpha value is -2.18. The maximum Gasteiger partial charge on any atom is 0.410 e. The molecule has 1 aromatic rings. The Labute approximate surface area is 135 Å². The van der Waals surface area contributed by atoms with Crippen LogP contribution in [0.15, 0.2) is 18.3 Å². The summed E-state index contributed by atoms with van der Waals surface area (Å²) in [7, 11) is 0. The average Bonchev–Trinajstić information content (AvgIpc) is 2.46. The van der Waals surface area contributed by atoms with E-state index in [1.165, 1.54) is 12.3 Å². The van der Waals surface area contributed by atoms with Gasteiger partial charge in [0.25, 0.3) is 5.69 Å². The minimum Gasteiger partial charge on any atom is -0.444 e. The fraction of sp³-hybridized carbons (Fsp3) is 0.625. The Bertz CT molecular complexity index is 558. The third-order valence-corrected chi connectivity index (χ3v) is 3.78. The first-order valence-electron chi connectivity index (χ1n) is 7.82. The molecule has 1 fully saturated rings. The maximum absolute atomic E-state index is 12.0. The Balaban J connectivity index is 1.82. The Morgan fingerprint density at radius 1 is 1.39 bits per heavy atom. The van der Waals surface area contributed by atoms with Gasteiger partial charge in [-0.05, 0) is 52.0 Å². The van der Waals surface area contributed by atoms with Gasteiger partial charge in [0.05, 0.1) is 4.92 Å². The number of carbonyl (C=O) groups is 1. The van der Waals surface area contributed by atoms with E-state index < -0.39 is 10.5 Å². The molecule has 0 N–H and O–H groups in total. The van der Waals surface area contributed by atoms with Crippen molar-refractivity contribution in [3.8, 4) is 0 Å². The van der Waals surface area contributed by atoms with Crippen LogP contribution >= 0.6 is 0 Å². The summed E-state index contributed by atoms with van der Waals surface area (Å²) in [4.78, 5) is 28.1. The van der Waals surface area contributed by atoms with Crippen molar-refractivity contribution < 1.29 is 14.5 Å². The van der Waals surface area contributed by atoms with Crippen LogP contribution in [0.25, 0.3) is 0 Å². The molecule has 1 aromatic heterocycles. The number of amides is 1. The predicted molar refractivity (Wildman–Crippen MR) is 85.1 cm³/mol. The number of likely N-dealkylation sites (tertiary alicyclic amines) is 1. The first-order chi connectivity index (χ1) is 10.7. The largest absolute Gasteiger partial charge is 0.444 e. The van der Waals surface area contributed by atoms with Gasteiger partial charge in [0, 0.05) is 24.8 Å². The molecule has 0 saturated carbocycles. The van der Waals surface area contributed by atoms with Gasteiger partial charge >= 0.3 is 6.09 Å². The molecule has 1 amide bonds. The second-order valence-electron chi connectivity index (χ2n) is 6.88. The normalized spacial score (nSPS) is 16.2. The van der Waals surface area contributed by atoms with Gasteiger partial charge in [-0.25, -0.2) is 4.79 Å². The summed E-state index contributed by atoms with van der Waals surface area (Å²) < 4.78 is 5.38. The Kier molecular flexibility index (Phi) is 5.18. The zero-order valence-corrected chi connectivity index (χ0v) is 13.8. The second kappa shape index (κ2) is 6.93. The van der Waals surface area contributed by atoms with Crippen LogP contribution < -0.4 is 0 Å². The van der Waals surface area contributed by atoms with E-state index in [-0.39, 0.29) is 11.8 Å². The molecule has 126 valence electrons. The van der Waals surface area contributed by atoms with Crippen molar-refractivity contribution in [2.45, 2.75) is 45.6 Å². The highest BCUT2D eigenvalue weighted by Gasteiger charge is 2.27. The summed E-state index contributed by atoms with van der Waals surface area (Å²) in [6.07, 6.45) is 3.59. The predicted octanol–water partition coefficient (Wildman–Crippen LogP) is 3.18. The van der Waals surface area contributed by atoms with Crippen LogP contribution in [-0.4, -0.2) is 39.6 Å². The molecule has 0 aromatic carbocycles. The maximum atomic E-state index is 12.0. The molecule has 0 radical (unpaired) electrons. The first kappa shape index (κ1) is 17.2. The Morgan fingerprint density at radius 3 is 2.52 bits per heavy atom. The molecule has 1 aliphatic heterocycles. The summed E-state index contributed by atoms with van der Waals surface area (Å²) in [6, 6.07) is 3.19. The van der Waals surface area contributed by atoms with Crippen LogP contribution in [0.1, 0.15) is 39.3 Å². The summed E-state index contributed by atoms with van der Waals surface area (Å²) in [5.41, 5.74) is 0.385. The smallest absolute Gasteiger partial charge is 0.410 e. The van der Waals surface area contributed by atoms with Gasteiger partial charge in [0.2, 0.25) is 0 Å². The van der Waals surface area contributed by atoms with Crippen LogP contribution in [-0.2, 0) is 11.2 Å². The Morgan fingerprint density at radius 2 is 2.04 bits per heavy atom. The molecular weight excluding hydrogens is 298 g/mol. The fourth-order valence-corrected chi connectivity index (χ4v) is 2.59. The zero-order valence-electron chi connectivity index (χ0n) is 13.8. The molecule has 23 heavy (non-hydrogen) atoms. The standard InChI is InChI=1S/C16H23N3O4/c1-16(2,3)23-15(20)18-8-6-12(7-9-18)10-13-4-5-14(11-17-13)19(21)22/h4-5,11-12H,6-10H2,1-3H3. The fourth-order valence-electron chi connectivity index (χ4n) is 2.59. The summed E-state index contributed by atoms with van der Waals surface area (Å²) in [6.45, 7) is 6.92. The molecule has 0 spiro atoms. The van der Waals surface area contributed by atoms with E-state index in [1.807, 2.05) is 20.8 Å². The summed E-state index contributed by atoms with van der Waals surface area (Å²) in [5.74, 6) is 0.433. The lowest BCUT2D eigenvalue weighted by Gasteiger charge is -2.33. The monoisotopic (exact) mass is 321 g/mol. The molecule has 0 bridgehead atoms. The lowest BCUT2D eigenvalue weighted by molar-refractivity contribution is -0.385. The third-order valence-electron chi connectivity index (χ3n) is 3.78. The number of pyridine rings is 1. The minimum absolute atomic E-state index is 0.00787. The highest BCUT2D eigenvalue weighted by atomic mass is 16.6. The van der Waals surface area contributed by atoms with Crippen molar-refractivity contribution in [1.29, 1.82) is 0 Å². The van der Waals surface area contributed by atoms with Gasteiger partial charge in [-0.1, -0.05) is 0 Å². The van der Waals surface area contributed by atoms with Gasteiger partial charge in [0.15, 0.2) is 0 Å². The molecule has 2 rings (SSSR count). The quantitative estimate of drug-likeness (QED) is 0.630. The highest BCUT2D eigenvalue weighted by molar-refractivity contribution is 5.68. The van der Waals surface area contributed by atoms with Gasteiger partial charge in [-0.3, -0.25) is 15.1 Å². The second-order valence-corrected chi connectivity index (χ2v) is 6.88. The number of piperidine rings is 1. The lowest BCUT2D eigenvalue weighted by atomic mass is 9.92. The molecule has 1 saturated heterocycles. The van der Waals surface area contributed by atoms with Crippen LogP contribution in [0.2, 0.25) is 0 Å². The van der Waals surface area contributed by atoms with E-state index in [4.69, 9.17) is 4.74 Å². The van der Waals surface area contributed by atoms with Gasteiger partial charge in [0.1, 0.15) is 11.8 Å². The number of ether oxygens (including phenoxy) is 1. The van der Waals surface area contributed by atoms with E-state index in [2.05, 4.69) is 4.98 Å². The number of hydrogen-bond donors (Lipinski definition) is 0. The summed E-state index contributed by atoms with van der Waals surface area (Å²) >= 11 is 0. The molecule has 1 aliphatic rings. The molecule has 7 nitrogen and oxygen atoms in total. The van der Waals surface area contributed by atoms with Gasteiger partial charge < -0.3 is 9.64 Å². The molecule has 7 heteroatoms. The van der Waals surface area contributed by atoms with E-state index >= 15 is 0 Å². The average molecular weight is 321 g/mol. The number of rotatable bonds is 3. The van der Waals surface area contributed by atoms with Crippen molar-refractivity contribution >= 4 is 11.8 Å². The molecular formula is C16H23N3O4. The lowest BCUT2D eigenvalue weighted by Crippen LogP contribution is -2.42. The highest BCUT2D eigenvalue weighted by Crippen LogP contribution is 2.23. The zero-order chi connectivity index (χ0) is 17.0. The summed E-state index contributed by atoms with van der Waals surface area (Å²) in [5, 5.41) is 10.6.